The Kier molecular flexibility index (Phi) is 11.1. The molecule has 1 amide bonds. The molecule has 0 radical (unpaired) electrons. The highest BCUT2D eigenvalue weighted by molar-refractivity contribution is 6.36. The number of ketones is 1. The number of amides is 1. The van der Waals surface area contributed by atoms with Gasteiger partial charge >= 0.3 is 0 Å². The summed E-state index contributed by atoms with van der Waals surface area (Å²) >= 11 is 12.9. The second-order valence-corrected chi connectivity index (χ2v) is 7.68. The van der Waals surface area contributed by atoms with Crippen LogP contribution in [0.15, 0.2) is 34.5 Å². The summed E-state index contributed by atoms with van der Waals surface area (Å²) < 4.78 is 22.1. The Bertz CT molecular complexity index is 1080. The van der Waals surface area contributed by atoms with Crippen molar-refractivity contribution >= 4 is 46.3 Å². The summed E-state index contributed by atoms with van der Waals surface area (Å²) in [5.41, 5.74) is 0.308. The van der Waals surface area contributed by atoms with E-state index in [9.17, 15) is 9.59 Å². The Hall–Kier alpha value is -3.04. The first-order valence-electron chi connectivity index (χ1n) is 11.2. The SMILES string of the molecule is CCOc1ccc(OCC)c(N=NC(C(C)=O)C(=O)Nc2c(OCC)ccc(OCC)c2Cl)c1Cl. The number of anilines is 1. The minimum Gasteiger partial charge on any atom is -0.492 e. The van der Waals surface area contributed by atoms with Crippen LogP contribution < -0.4 is 24.3 Å². The van der Waals surface area contributed by atoms with Gasteiger partial charge < -0.3 is 24.3 Å². The van der Waals surface area contributed by atoms with Crippen LogP contribution in [0.25, 0.3) is 0 Å². The van der Waals surface area contributed by atoms with Crippen LogP contribution in [0.3, 0.4) is 0 Å². The molecule has 0 heterocycles. The lowest BCUT2D eigenvalue weighted by molar-refractivity contribution is -0.126. The van der Waals surface area contributed by atoms with E-state index in [1.165, 1.54) is 6.92 Å². The van der Waals surface area contributed by atoms with Crippen LogP contribution in [0.1, 0.15) is 34.6 Å². The molecule has 0 spiro atoms. The van der Waals surface area contributed by atoms with Crippen molar-refractivity contribution < 1.29 is 28.5 Å². The van der Waals surface area contributed by atoms with Crippen molar-refractivity contribution in [1.29, 1.82) is 0 Å². The molecule has 2 rings (SSSR count). The maximum Gasteiger partial charge on any atom is 0.258 e. The summed E-state index contributed by atoms with van der Waals surface area (Å²) in [6.07, 6.45) is 0. The predicted molar refractivity (Wildman–Crippen MR) is 135 cm³/mol. The summed E-state index contributed by atoms with van der Waals surface area (Å²) in [4.78, 5) is 25.4. The Morgan fingerprint density at radius 2 is 1.26 bits per heavy atom. The lowest BCUT2D eigenvalue weighted by Gasteiger charge is -2.17. The van der Waals surface area contributed by atoms with Gasteiger partial charge in [-0.3, -0.25) is 9.59 Å². The van der Waals surface area contributed by atoms with E-state index in [0.29, 0.717) is 49.4 Å². The molecule has 0 fully saturated rings. The van der Waals surface area contributed by atoms with Gasteiger partial charge in [0.1, 0.15) is 44.4 Å². The van der Waals surface area contributed by atoms with Crippen LogP contribution in [0, 0.1) is 0 Å². The van der Waals surface area contributed by atoms with Gasteiger partial charge in [0.25, 0.3) is 5.91 Å². The molecule has 1 N–H and O–H groups in total. The van der Waals surface area contributed by atoms with E-state index in [1.54, 1.807) is 45.0 Å². The van der Waals surface area contributed by atoms with Crippen molar-refractivity contribution in [3.05, 3.63) is 34.3 Å². The van der Waals surface area contributed by atoms with Crippen molar-refractivity contribution in [2.24, 2.45) is 10.2 Å². The number of Topliss-reactive ketones (excluding diaryl/α,β-unsaturated/α-hetero) is 1. The van der Waals surface area contributed by atoms with Gasteiger partial charge in [0.15, 0.2) is 5.78 Å². The van der Waals surface area contributed by atoms with Crippen molar-refractivity contribution in [3.63, 3.8) is 0 Å². The number of azo groups is 1. The number of carbonyl (C=O) groups is 2. The molecular formula is C24H29Cl2N3O6. The highest BCUT2D eigenvalue weighted by Crippen LogP contribution is 2.42. The lowest BCUT2D eigenvalue weighted by atomic mass is 10.2. The van der Waals surface area contributed by atoms with Crippen LogP contribution >= 0.6 is 23.2 Å². The number of carbonyl (C=O) groups excluding carboxylic acids is 2. The monoisotopic (exact) mass is 525 g/mol. The first kappa shape index (κ1) is 28.2. The molecule has 0 aliphatic rings. The first-order valence-corrected chi connectivity index (χ1v) is 11.9. The summed E-state index contributed by atoms with van der Waals surface area (Å²) in [5, 5.41) is 11.0. The number of benzene rings is 2. The highest BCUT2D eigenvalue weighted by Gasteiger charge is 2.27. The van der Waals surface area contributed by atoms with Gasteiger partial charge in [-0.05, 0) is 58.9 Å². The number of nitrogens with zero attached hydrogens (tertiary/aromatic N) is 2. The summed E-state index contributed by atoms with van der Waals surface area (Å²) in [7, 11) is 0. The maximum atomic E-state index is 13.1. The Balaban J connectivity index is 2.43. The van der Waals surface area contributed by atoms with Crippen LogP contribution in [0.4, 0.5) is 11.4 Å². The third-order valence-electron chi connectivity index (χ3n) is 4.47. The summed E-state index contributed by atoms with van der Waals surface area (Å²) in [6, 6.07) is 5.04. The van der Waals surface area contributed by atoms with Gasteiger partial charge in [-0.15, -0.1) is 5.11 Å². The molecule has 0 aliphatic carbocycles. The second kappa shape index (κ2) is 13.7. The van der Waals surface area contributed by atoms with Crippen molar-refractivity contribution in [3.8, 4) is 23.0 Å². The average molecular weight is 526 g/mol. The maximum absolute atomic E-state index is 13.1. The third-order valence-corrected chi connectivity index (χ3v) is 5.21. The minimum absolute atomic E-state index is 0.136. The number of hydrogen-bond donors (Lipinski definition) is 1. The molecule has 0 aromatic heterocycles. The number of hydrogen-bond acceptors (Lipinski definition) is 8. The minimum atomic E-state index is -1.49. The number of nitrogens with one attached hydrogen (secondary N) is 1. The average Bonchev–Trinajstić information content (AvgIpc) is 2.81. The molecule has 11 heteroatoms. The molecule has 0 bridgehead atoms. The molecule has 0 aliphatic heterocycles. The van der Waals surface area contributed by atoms with Gasteiger partial charge in [0, 0.05) is 0 Å². The van der Waals surface area contributed by atoms with Crippen molar-refractivity contribution in [2.45, 2.75) is 40.7 Å². The molecule has 35 heavy (non-hydrogen) atoms. The Labute approximate surface area is 214 Å². The molecule has 1 unspecified atom stereocenters. The third kappa shape index (κ3) is 7.22. The second-order valence-electron chi connectivity index (χ2n) is 6.93. The van der Waals surface area contributed by atoms with Crippen LogP contribution in [0.2, 0.25) is 10.0 Å². The van der Waals surface area contributed by atoms with E-state index in [-0.39, 0.29) is 21.4 Å². The Morgan fingerprint density at radius 1 is 0.800 bits per heavy atom. The van der Waals surface area contributed by atoms with Gasteiger partial charge in [-0.1, -0.05) is 23.2 Å². The molecule has 0 saturated heterocycles. The number of ether oxygens (including phenoxy) is 4. The smallest absolute Gasteiger partial charge is 0.258 e. The van der Waals surface area contributed by atoms with Gasteiger partial charge in [0.05, 0.1) is 26.4 Å². The molecule has 9 nitrogen and oxygen atoms in total. The van der Waals surface area contributed by atoms with Crippen molar-refractivity contribution in [2.75, 3.05) is 31.7 Å². The number of halogens is 2. The predicted octanol–water partition coefficient (Wildman–Crippen LogP) is 6.27. The number of rotatable bonds is 13. The molecule has 2 aromatic carbocycles. The molecule has 1 atom stereocenters. The van der Waals surface area contributed by atoms with E-state index in [4.69, 9.17) is 42.1 Å². The zero-order chi connectivity index (χ0) is 26.0. The summed E-state index contributed by atoms with van der Waals surface area (Å²) in [5.74, 6) is 0.0772. The van der Waals surface area contributed by atoms with Crippen molar-refractivity contribution in [1.82, 2.24) is 0 Å². The fourth-order valence-electron chi connectivity index (χ4n) is 2.98. The molecule has 190 valence electrons. The normalized spacial score (nSPS) is 11.7. The van der Waals surface area contributed by atoms with E-state index in [2.05, 4.69) is 15.5 Å². The standard InChI is InChI=1S/C24H29Cl2N3O6/c1-6-32-15-10-12-17(34-8-3)22(19(15)25)27-24(31)21(14(5)30)28-29-23-18(35-9-4)13-11-16(20(23)26)33-7-2/h10-13,21H,6-9H2,1-5H3,(H,27,31). The van der Waals surface area contributed by atoms with Crippen LogP contribution in [-0.4, -0.2) is 44.2 Å². The Morgan fingerprint density at radius 3 is 1.80 bits per heavy atom. The van der Waals surface area contributed by atoms with Gasteiger partial charge in [-0.25, -0.2) is 0 Å². The quantitative estimate of drug-likeness (QED) is 0.244. The van der Waals surface area contributed by atoms with E-state index >= 15 is 0 Å². The van der Waals surface area contributed by atoms with E-state index in [1.807, 2.05) is 6.92 Å². The molecule has 0 saturated carbocycles. The molecular weight excluding hydrogens is 497 g/mol. The summed E-state index contributed by atoms with van der Waals surface area (Å²) in [6.45, 7) is 9.86. The zero-order valence-corrected chi connectivity index (χ0v) is 21.8. The van der Waals surface area contributed by atoms with Gasteiger partial charge in [-0.2, -0.15) is 5.11 Å². The van der Waals surface area contributed by atoms with Crippen LogP contribution in [0.5, 0.6) is 23.0 Å². The molecule has 2 aromatic rings. The highest BCUT2D eigenvalue weighted by atomic mass is 35.5. The first-order chi connectivity index (χ1) is 16.8. The fraction of sp³-hybridized carbons (Fsp3) is 0.417. The van der Waals surface area contributed by atoms with E-state index < -0.39 is 17.7 Å². The van der Waals surface area contributed by atoms with E-state index in [0.717, 1.165) is 0 Å². The zero-order valence-electron chi connectivity index (χ0n) is 20.3. The largest absolute Gasteiger partial charge is 0.492 e. The lowest BCUT2D eigenvalue weighted by Crippen LogP contribution is -2.32. The fourth-order valence-corrected chi connectivity index (χ4v) is 3.49. The van der Waals surface area contributed by atoms with Crippen LogP contribution in [-0.2, 0) is 9.59 Å². The van der Waals surface area contributed by atoms with Gasteiger partial charge in [0.2, 0.25) is 6.04 Å². The topological polar surface area (TPSA) is 108 Å².